The van der Waals surface area contributed by atoms with Crippen LogP contribution >= 0.6 is 11.6 Å². The molecule has 0 saturated heterocycles. The Morgan fingerprint density at radius 2 is 2.20 bits per heavy atom. The highest BCUT2D eigenvalue weighted by atomic mass is 35.5. The second kappa shape index (κ2) is 5.17. The Balaban J connectivity index is 2.47. The van der Waals surface area contributed by atoms with Crippen LogP contribution in [0.25, 0.3) is 0 Å². The molecule has 1 amide bonds. The fourth-order valence-electron chi connectivity index (χ4n) is 1.77. The van der Waals surface area contributed by atoms with Crippen molar-refractivity contribution in [2.24, 2.45) is 0 Å². The van der Waals surface area contributed by atoms with Gasteiger partial charge in [0.25, 0.3) is 0 Å². The molecule has 0 bridgehead atoms. The number of amides is 1. The Kier molecular flexibility index (Phi) is 4.41. The summed E-state index contributed by atoms with van der Waals surface area (Å²) in [4.78, 5) is 13.6. The lowest BCUT2D eigenvalue weighted by Crippen LogP contribution is -2.46. The van der Waals surface area contributed by atoms with E-state index in [1.807, 2.05) is 6.92 Å². The summed E-state index contributed by atoms with van der Waals surface area (Å²) in [7, 11) is 3.49. The van der Waals surface area contributed by atoms with Gasteiger partial charge in [0.15, 0.2) is 0 Å². The number of hydrogen-bond donors (Lipinski definition) is 0. The van der Waals surface area contributed by atoms with E-state index in [-0.39, 0.29) is 17.6 Å². The van der Waals surface area contributed by atoms with Gasteiger partial charge in [-0.05, 0) is 26.2 Å². The maximum Gasteiger partial charge on any atom is 0.225 e. The van der Waals surface area contributed by atoms with E-state index in [4.69, 9.17) is 16.3 Å². The summed E-state index contributed by atoms with van der Waals surface area (Å²) >= 11 is 5.72. The average Bonchev–Trinajstić information content (AvgIpc) is 2.20. The molecular weight excluding hydrogens is 214 g/mol. The SMILES string of the molecule is COC1(CC(=O)N(C)C(C)CCl)CCC1. The van der Waals surface area contributed by atoms with Crippen molar-refractivity contribution in [2.45, 2.75) is 44.2 Å². The van der Waals surface area contributed by atoms with Crippen LogP contribution in [0.15, 0.2) is 0 Å². The lowest BCUT2D eigenvalue weighted by molar-refractivity contribution is -0.144. The fraction of sp³-hybridized carbons (Fsp3) is 0.909. The van der Waals surface area contributed by atoms with Crippen molar-refractivity contribution in [3.63, 3.8) is 0 Å². The number of carbonyl (C=O) groups is 1. The van der Waals surface area contributed by atoms with Crippen LogP contribution in [-0.4, -0.2) is 42.5 Å². The van der Waals surface area contributed by atoms with Crippen LogP contribution in [0, 0.1) is 0 Å². The molecule has 0 aromatic heterocycles. The van der Waals surface area contributed by atoms with Crippen LogP contribution in [0.1, 0.15) is 32.6 Å². The van der Waals surface area contributed by atoms with Crippen LogP contribution in [0.3, 0.4) is 0 Å². The maximum absolute atomic E-state index is 11.9. The first-order valence-corrected chi connectivity index (χ1v) is 5.95. The summed E-state index contributed by atoms with van der Waals surface area (Å²) in [5.74, 6) is 0.604. The molecule has 0 radical (unpaired) electrons. The van der Waals surface area contributed by atoms with E-state index in [1.54, 1.807) is 19.1 Å². The van der Waals surface area contributed by atoms with E-state index >= 15 is 0 Å². The molecule has 88 valence electrons. The molecule has 1 atom stereocenters. The molecule has 3 nitrogen and oxygen atoms in total. The van der Waals surface area contributed by atoms with Gasteiger partial charge in [-0.2, -0.15) is 0 Å². The lowest BCUT2D eigenvalue weighted by Gasteiger charge is -2.41. The maximum atomic E-state index is 11.9. The van der Waals surface area contributed by atoms with Gasteiger partial charge in [0.05, 0.1) is 12.0 Å². The van der Waals surface area contributed by atoms with Gasteiger partial charge < -0.3 is 9.64 Å². The first kappa shape index (κ1) is 12.8. The minimum Gasteiger partial charge on any atom is -0.378 e. The average molecular weight is 234 g/mol. The third-order valence-electron chi connectivity index (χ3n) is 3.45. The summed E-state index contributed by atoms with van der Waals surface area (Å²) < 4.78 is 5.43. The molecule has 1 aliphatic rings. The molecule has 0 heterocycles. The number of alkyl halides is 1. The summed E-state index contributed by atoms with van der Waals surface area (Å²) in [5, 5.41) is 0. The monoisotopic (exact) mass is 233 g/mol. The predicted molar refractivity (Wildman–Crippen MR) is 61.2 cm³/mol. The Labute approximate surface area is 96.7 Å². The Morgan fingerprint density at radius 3 is 2.53 bits per heavy atom. The topological polar surface area (TPSA) is 29.5 Å². The quantitative estimate of drug-likeness (QED) is 0.680. The normalized spacial score (nSPS) is 20.5. The molecule has 1 rings (SSSR count). The zero-order chi connectivity index (χ0) is 11.5. The highest BCUT2D eigenvalue weighted by Crippen LogP contribution is 2.38. The van der Waals surface area contributed by atoms with Crippen LogP contribution in [0.4, 0.5) is 0 Å². The van der Waals surface area contributed by atoms with Gasteiger partial charge in [0, 0.05) is 26.1 Å². The summed E-state index contributed by atoms with van der Waals surface area (Å²) in [6.45, 7) is 1.95. The molecule has 1 aliphatic carbocycles. The number of hydrogen-bond acceptors (Lipinski definition) is 2. The van der Waals surface area contributed by atoms with Crippen LogP contribution in [-0.2, 0) is 9.53 Å². The smallest absolute Gasteiger partial charge is 0.225 e. The Morgan fingerprint density at radius 1 is 1.60 bits per heavy atom. The number of halogens is 1. The molecule has 15 heavy (non-hydrogen) atoms. The van der Waals surface area contributed by atoms with Crippen LogP contribution < -0.4 is 0 Å². The third kappa shape index (κ3) is 2.85. The summed E-state index contributed by atoms with van der Waals surface area (Å²) in [6, 6.07) is 0.0909. The van der Waals surface area contributed by atoms with E-state index in [2.05, 4.69) is 0 Å². The number of carbonyl (C=O) groups excluding carboxylic acids is 1. The van der Waals surface area contributed by atoms with Crippen molar-refractivity contribution in [2.75, 3.05) is 20.0 Å². The number of nitrogens with zero attached hydrogens (tertiary/aromatic N) is 1. The van der Waals surface area contributed by atoms with Crippen LogP contribution in [0.5, 0.6) is 0 Å². The minimum atomic E-state index is -0.183. The van der Waals surface area contributed by atoms with Crippen molar-refractivity contribution in [1.82, 2.24) is 4.90 Å². The first-order chi connectivity index (χ1) is 7.04. The van der Waals surface area contributed by atoms with Crippen molar-refractivity contribution < 1.29 is 9.53 Å². The molecular formula is C11H20ClNO2. The van der Waals surface area contributed by atoms with E-state index in [9.17, 15) is 4.79 Å². The minimum absolute atomic E-state index is 0.0909. The molecule has 4 heteroatoms. The second-order valence-electron chi connectivity index (χ2n) is 4.43. The number of methoxy groups -OCH3 is 1. The first-order valence-electron chi connectivity index (χ1n) is 5.41. The predicted octanol–water partition coefficient (Wildman–Crippen LogP) is 2.03. The van der Waals surface area contributed by atoms with Gasteiger partial charge in [-0.1, -0.05) is 0 Å². The highest BCUT2D eigenvalue weighted by Gasteiger charge is 2.39. The van der Waals surface area contributed by atoms with Gasteiger partial charge in [-0.3, -0.25) is 4.79 Å². The molecule has 0 aromatic rings. The number of ether oxygens (including phenoxy) is 1. The van der Waals surface area contributed by atoms with E-state index in [0.717, 1.165) is 19.3 Å². The highest BCUT2D eigenvalue weighted by molar-refractivity contribution is 6.18. The number of rotatable bonds is 5. The van der Waals surface area contributed by atoms with Gasteiger partial charge in [-0.15, -0.1) is 11.6 Å². The van der Waals surface area contributed by atoms with Gasteiger partial charge in [0.2, 0.25) is 5.91 Å². The van der Waals surface area contributed by atoms with Gasteiger partial charge >= 0.3 is 0 Å². The fourth-order valence-corrected chi connectivity index (χ4v) is 1.98. The van der Waals surface area contributed by atoms with Gasteiger partial charge in [0.1, 0.15) is 0 Å². The van der Waals surface area contributed by atoms with Crippen molar-refractivity contribution in [1.29, 1.82) is 0 Å². The zero-order valence-corrected chi connectivity index (χ0v) is 10.5. The Bertz CT molecular complexity index is 223. The molecule has 0 aliphatic heterocycles. The molecule has 0 N–H and O–H groups in total. The molecule has 1 saturated carbocycles. The summed E-state index contributed by atoms with van der Waals surface area (Å²) in [5.41, 5.74) is -0.183. The van der Waals surface area contributed by atoms with E-state index in [1.165, 1.54) is 0 Å². The molecule has 1 fully saturated rings. The largest absolute Gasteiger partial charge is 0.378 e. The van der Waals surface area contributed by atoms with Crippen molar-refractivity contribution in [3.05, 3.63) is 0 Å². The summed E-state index contributed by atoms with van der Waals surface area (Å²) in [6.07, 6.45) is 3.65. The Hall–Kier alpha value is -0.280. The molecule has 0 aromatic carbocycles. The standard InChI is InChI=1S/C11H20ClNO2/c1-9(8-12)13(2)10(14)7-11(15-3)5-4-6-11/h9H,4-8H2,1-3H3. The van der Waals surface area contributed by atoms with Crippen molar-refractivity contribution >= 4 is 17.5 Å². The zero-order valence-electron chi connectivity index (χ0n) is 9.75. The third-order valence-corrected chi connectivity index (χ3v) is 3.90. The van der Waals surface area contributed by atoms with E-state index < -0.39 is 0 Å². The molecule has 0 spiro atoms. The molecule has 1 unspecified atom stereocenters. The van der Waals surface area contributed by atoms with Crippen molar-refractivity contribution in [3.8, 4) is 0 Å². The second-order valence-corrected chi connectivity index (χ2v) is 4.73. The van der Waals surface area contributed by atoms with Crippen LogP contribution in [0.2, 0.25) is 0 Å². The van der Waals surface area contributed by atoms with Gasteiger partial charge in [-0.25, -0.2) is 0 Å². The lowest BCUT2D eigenvalue weighted by atomic mass is 9.77. The van der Waals surface area contributed by atoms with E-state index in [0.29, 0.717) is 12.3 Å².